The van der Waals surface area contributed by atoms with E-state index in [2.05, 4.69) is 0 Å². The summed E-state index contributed by atoms with van der Waals surface area (Å²) in [5.41, 5.74) is 2.62. The van der Waals surface area contributed by atoms with Crippen LogP contribution in [-0.2, 0) is 18.0 Å². The fraction of sp³-hybridized carbons (Fsp3) is 0.500. The topological polar surface area (TPSA) is 29.5 Å². The van der Waals surface area contributed by atoms with Gasteiger partial charge in [0.05, 0.1) is 18.8 Å². The van der Waals surface area contributed by atoms with Crippen molar-refractivity contribution in [2.24, 2.45) is 0 Å². The number of nitrogens with zero attached hydrogens (tertiary/aromatic N) is 1. The number of carbonyl (C=O) groups is 1. The number of halogens is 1. The van der Waals surface area contributed by atoms with Gasteiger partial charge < -0.3 is 9.64 Å². The van der Waals surface area contributed by atoms with E-state index in [0.717, 1.165) is 5.56 Å². The van der Waals surface area contributed by atoms with Crippen LogP contribution in [0, 0.1) is 0 Å². The van der Waals surface area contributed by atoms with Gasteiger partial charge in [-0.3, -0.25) is 4.79 Å². The monoisotopic (exact) mass is 267 g/mol. The average molecular weight is 268 g/mol. The van der Waals surface area contributed by atoms with Crippen molar-refractivity contribution in [1.29, 1.82) is 0 Å². The van der Waals surface area contributed by atoms with Gasteiger partial charge in [-0.1, -0.05) is 6.07 Å². The number of alkyl halides is 1. The molecule has 0 spiro atoms. The van der Waals surface area contributed by atoms with Gasteiger partial charge in [-0.15, -0.1) is 11.6 Å². The SMILES string of the molecule is CN(C(=O)c1ccc2c(c1)COC2)C(C)(C)CCl. The molecule has 3 nitrogen and oxygen atoms in total. The van der Waals surface area contributed by atoms with E-state index in [-0.39, 0.29) is 11.4 Å². The summed E-state index contributed by atoms with van der Waals surface area (Å²) in [6.07, 6.45) is 0. The van der Waals surface area contributed by atoms with E-state index >= 15 is 0 Å². The maximum atomic E-state index is 12.4. The first-order valence-electron chi connectivity index (χ1n) is 5.99. The van der Waals surface area contributed by atoms with Gasteiger partial charge in [0.25, 0.3) is 5.91 Å². The lowest BCUT2D eigenvalue weighted by atomic mass is 10.0. The number of benzene rings is 1. The minimum Gasteiger partial charge on any atom is -0.372 e. The highest BCUT2D eigenvalue weighted by atomic mass is 35.5. The van der Waals surface area contributed by atoms with Crippen LogP contribution in [0.3, 0.4) is 0 Å². The number of ether oxygens (including phenoxy) is 1. The molecule has 1 amide bonds. The second-order valence-corrected chi connectivity index (χ2v) is 5.55. The lowest BCUT2D eigenvalue weighted by Gasteiger charge is -2.34. The van der Waals surface area contributed by atoms with E-state index in [1.165, 1.54) is 5.56 Å². The normalized spacial score (nSPS) is 14.4. The van der Waals surface area contributed by atoms with Gasteiger partial charge in [0.15, 0.2) is 0 Å². The molecule has 0 unspecified atom stereocenters. The van der Waals surface area contributed by atoms with Crippen LogP contribution in [0.4, 0.5) is 0 Å². The third-order valence-corrected chi connectivity index (χ3v) is 4.16. The van der Waals surface area contributed by atoms with Gasteiger partial charge in [0.1, 0.15) is 0 Å². The Morgan fingerprint density at radius 1 is 1.39 bits per heavy atom. The fourth-order valence-corrected chi connectivity index (χ4v) is 2.04. The molecule has 0 atom stereocenters. The highest BCUT2D eigenvalue weighted by Gasteiger charge is 2.28. The Morgan fingerprint density at radius 2 is 2.06 bits per heavy atom. The lowest BCUT2D eigenvalue weighted by Crippen LogP contribution is -2.46. The lowest BCUT2D eigenvalue weighted by molar-refractivity contribution is 0.0660. The van der Waals surface area contributed by atoms with Gasteiger partial charge >= 0.3 is 0 Å². The summed E-state index contributed by atoms with van der Waals surface area (Å²) < 4.78 is 5.35. The van der Waals surface area contributed by atoms with Crippen molar-refractivity contribution in [3.8, 4) is 0 Å². The first-order valence-corrected chi connectivity index (χ1v) is 6.53. The number of fused-ring (bicyclic) bond motifs is 1. The second kappa shape index (κ2) is 4.90. The molecule has 4 heteroatoms. The van der Waals surface area contributed by atoms with Gasteiger partial charge in [-0.2, -0.15) is 0 Å². The Hall–Kier alpha value is -1.06. The van der Waals surface area contributed by atoms with E-state index in [0.29, 0.717) is 24.7 Å². The Balaban J connectivity index is 2.24. The van der Waals surface area contributed by atoms with Gasteiger partial charge in [0, 0.05) is 18.5 Å². The second-order valence-electron chi connectivity index (χ2n) is 5.29. The minimum atomic E-state index is -0.353. The minimum absolute atomic E-state index is 0.00431. The van der Waals surface area contributed by atoms with Crippen LogP contribution in [0.5, 0.6) is 0 Å². The van der Waals surface area contributed by atoms with Crippen molar-refractivity contribution in [3.63, 3.8) is 0 Å². The van der Waals surface area contributed by atoms with Crippen molar-refractivity contribution in [2.45, 2.75) is 32.6 Å². The first kappa shape index (κ1) is 13.4. The van der Waals surface area contributed by atoms with Crippen LogP contribution in [0.1, 0.15) is 35.3 Å². The molecular formula is C14H18ClNO2. The molecule has 2 rings (SSSR count). The standard InChI is InChI=1S/C14H18ClNO2/c1-14(2,9-15)16(3)13(17)10-4-5-11-7-18-8-12(11)6-10/h4-6H,7-9H2,1-3H3. The molecule has 98 valence electrons. The summed E-state index contributed by atoms with van der Waals surface area (Å²) in [4.78, 5) is 14.1. The van der Waals surface area contributed by atoms with Crippen molar-refractivity contribution >= 4 is 17.5 Å². The van der Waals surface area contributed by atoms with E-state index in [9.17, 15) is 4.79 Å². The zero-order valence-corrected chi connectivity index (χ0v) is 11.8. The predicted octanol–water partition coefficient (Wildman–Crippen LogP) is 2.81. The summed E-state index contributed by atoms with van der Waals surface area (Å²) in [5, 5.41) is 0. The smallest absolute Gasteiger partial charge is 0.254 e. The largest absolute Gasteiger partial charge is 0.372 e. The molecule has 0 radical (unpaired) electrons. The molecule has 0 saturated carbocycles. The Labute approximate surface area is 113 Å². The van der Waals surface area contributed by atoms with Crippen LogP contribution < -0.4 is 0 Å². The van der Waals surface area contributed by atoms with Gasteiger partial charge in [-0.05, 0) is 37.1 Å². The molecule has 1 aromatic carbocycles. The number of amides is 1. The summed E-state index contributed by atoms with van der Waals surface area (Å²) in [6, 6.07) is 5.75. The molecule has 18 heavy (non-hydrogen) atoms. The molecular weight excluding hydrogens is 250 g/mol. The molecule has 0 aliphatic carbocycles. The number of carbonyl (C=O) groups excluding carboxylic acids is 1. The summed E-state index contributed by atoms with van der Waals surface area (Å²) in [6.45, 7) is 5.15. The van der Waals surface area contributed by atoms with E-state index < -0.39 is 0 Å². The molecule has 1 aliphatic rings. The van der Waals surface area contributed by atoms with Crippen molar-refractivity contribution in [3.05, 3.63) is 34.9 Å². The third-order valence-electron chi connectivity index (χ3n) is 3.51. The third kappa shape index (κ3) is 2.38. The zero-order chi connectivity index (χ0) is 13.3. The van der Waals surface area contributed by atoms with Crippen LogP contribution in [0.25, 0.3) is 0 Å². The molecule has 0 bridgehead atoms. The maximum Gasteiger partial charge on any atom is 0.254 e. The molecule has 1 aliphatic heterocycles. The fourth-order valence-electron chi connectivity index (χ4n) is 1.86. The Kier molecular flexibility index (Phi) is 3.64. The van der Waals surface area contributed by atoms with Crippen LogP contribution in [-0.4, -0.2) is 29.3 Å². The van der Waals surface area contributed by atoms with Crippen LogP contribution in [0.2, 0.25) is 0 Å². The van der Waals surface area contributed by atoms with Crippen molar-refractivity contribution < 1.29 is 9.53 Å². The summed E-state index contributed by atoms with van der Waals surface area (Å²) in [5.74, 6) is 0.402. The van der Waals surface area contributed by atoms with Gasteiger partial charge in [-0.25, -0.2) is 0 Å². The van der Waals surface area contributed by atoms with E-state index in [1.54, 1.807) is 11.9 Å². The molecule has 1 heterocycles. The summed E-state index contributed by atoms with van der Waals surface area (Å²) in [7, 11) is 1.79. The molecule has 0 fully saturated rings. The molecule has 1 aromatic rings. The number of rotatable bonds is 3. The highest BCUT2D eigenvalue weighted by Crippen LogP contribution is 2.23. The molecule has 0 saturated heterocycles. The Morgan fingerprint density at radius 3 is 2.72 bits per heavy atom. The number of hydrogen-bond acceptors (Lipinski definition) is 2. The van der Waals surface area contributed by atoms with Crippen molar-refractivity contribution in [1.82, 2.24) is 4.90 Å². The zero-order valence-electron chi connectivity index (χ0n) is 11.0. The predicted molar refractivity (Wildman–Crippen MR) is 71.8 cm³/mol. The van der Waals surface area contributed by atoms with Crippen LogP contribution >= 0.6 is 11.6 Å². The summed E-state index contributed by atoms with van der Waals surface area (Å²) >= 11 is 5.90. The van der Waals surface area contributed by atoms with E-state index in [4.69, 9.17) is 16.3 Å². The van der Waals surface area contributed by atoms with Crippen LogP contribution in [0.15, 0.2) is 18.2 Å². The molecule has 0 N–H and O–H groups in total. The maximum absolute atomic E-state index is 12.4. The van der Waals surface area contributed by atoms with Crippen molar-refractivity contribution in [2.75, 3.05) is 12.9 Å². The Bertz CT molecular complexity index is 471. The first-order chi connectivity index (χ1) is 8.45. The van der Waals surface area contributed by atoms with E-state index in [1.807, 2.05) is 32.0 Å². The highest BCUT2D eigenvalue weighted by molar-refractivity contribution is 6.18. The molecule has 0 aromatic heterocycles. The van der Waals surface area contributed by atoms with Gasteiger partial charge in [0.2, 0.25) is 0 Å². The quantitative estimate of drug-likeness (QED) is 0.788. The average Bonchev–Trinajstić information content (AvgIpc) is 2.84. The number of hydrogen-bond donors (Lipinski definition) is 0.